The predicted octanol–water partition coefficient (Wildman–Crippen LogP) is 0.554. The number of ether oxygens (including phenoxy) is 1. The van der Waals surface area contributed by atoms with E-state index in [9.17, 15) is 10.2 Å². The van der Waals surface area contributed by atoms with E-state index in [2.05, 4.69) is 9.97 Å². The molecule has 2 aromatic heterocycles. The summed E-state index contributed by atoms with van der Waals surface area (Å²) in [6.45, 7) is 1.61. The van der Waals surface area contributed by atoms with E-state index in [4.69, 9.17) is 22.1 Å². The first-order valence-corrected chi connectivity index (χ1v) is 6.64. The van der Waals surface area contributed by atoms with Gasteiger partial charge in [0.25, 0.3) is 0 Å². The quantitative estimate of drug-likeness (QED) is 0.699. The predicted molar refractivity (Wildman–Crippen MR) is 73.1 cm³/mol. The zero-order chi connectivity index (χ0) is 14.4. The molecule has 2 aromatic rings. The van der Waals surface area contributed by atoms with Crippen molar-refractivity contribution in [3.05, 3.63) is 17.4 Å². The number of aliphatic hydroxyl groups is 2. The molecule has 1 aliphatic heterocycles. The van der Waals surface area contributed by atoms with Gasteiger partial charge >= 0.3 is 0 Å². The Hall–Kier alpha value is -1.41. The molecule has 1 saturated heterocycles. The highest BCUT2D eigenvalue weighted by atomic mass is 35.5. The molecule has 1 fully saturated rings. The highest BCUT2D eigenvalue weighted by Crippen LogP contribution is 2.37. The summed E-state index contributed by atoms with van der Waals surface area (Å²) >= 11 is 6.03. The largest absolute Gasteiger partial charge is 0.394 e. The van der Waals surface area contributed by atoms with Crippen molar-refractivity contribution in [1.82, 2.24) is 14.5 Å². The Kier molecular flexibility index (Phi) is 3.29. The van der Waals surface area contributed by atoms with Gasteiger partial charge in [-0.25, -0.2) is 4.98 Å². The van der Waals surface area contributed by atoms with Crippen LogP contribution >= 0.6 is 11.6 Å². The van der Waals surface area contributed by atoms with E-state index in [0.29, 0.717) is 11.0 Å². The molecule has 0 radical (unpaired) electrons. The van der Waals surface area contributed by atoms with Crippen LogP contribution in [0.4, 0.5) is 5.95 Å². The van der Waals surface area contributed by atoms with Gasteiger partial charge in [0.1, 0.15) is 23.1 Å². The molecule has 0 saturated carbocycles. The summed E-state index contributed by atoms with van der Waals surface area (Å²) in [7, 11) is 0. The molecule has 3 heterocycles. The molecule has 4 N–H and O–H groups in total. The fourth-order valence-corrected chi connectivity index (χ4v) is 2.81. The van der Waals surface area contributed by atoms with Crippen molar-refractivity contribution in [3.8, 4) is 0 Å². The fraction of sp³-hybridized carbons (Fsp3) is 0.500. The first-order valence-electron chi connectivity index (χ1n) is 6.27. The van der Waals surface area contributed by atoms with Crippen LogP contribution in [0.25, 0.3) is 11.0 Å². The number of aromatic nitrogens is 3. The summed E-state index contributed by atoms with van der Waals surface area (Å²) in [5.74, 6) is -0.120. The molecule has 4 atom stereocenters. The zero-order valence-electron chi connectivity index (χ0n) is 10.8. The van der Waals surface area contributed by atoms with Crippen molar-refractivity contribution in [2.24, 2.45) is 5.92 Å². The van der Waals surface area contributed by atoms with Crippen molar-refractivity contribution in [3.63, 3.8) is 0 Å². The third-order valence-corrected chi connectivity index (χ3v) is 3.97. The molecular formula is C12H15ClN4O3. The lowest BCUT2D eigenvalue weighted by atomic mass is 10.0. The van der Waals surface area contributed by atoms with E-state index < -0.39 is 18.4 Å². The van der Waals surface area contributed by atoms with E-state index in [0.717, 1.165) is 0 Å². The van der Waals surface area contributed by atoms with Gasteiger partial charge in [0.05, 0.1) is 18.1 Å². The molecular weight excluding hydrogens is 284 g/mol. The van der Waals surface area contributed by atoms with Gasteiger partial charge in [0, 0.05) is 12.1 Å². The maximum Gasteiger partial charge on any atom is 0.223 e. The van der Waals surface area contributed by atoms with Crippen LogP contribution in [0, 0.1) is 5.92 Å². The highest BCUT2D eigenvalue weighted by Gasteiger charge is 2.41. The number of halogens is 1. The van der Waals surface area contributed by atoms with Crippen molar-refractivity contribution in [1.29, 1.82) is 0 Å². The van der Waals surface area contributed by atoms with Crippen molar-refractivity contribution >= 4 is 28.6 Å². The van der Waals surface area contributed by atoms with Gasteiger partial charge in [-0.1, -0.05) is 18.5 Å². The number of fused-ring (bicyclic) bond motifs is 1. The number of nitrogens with zero attached hydrogens (tertiary/aromatic N) is 3. The molecule has 7 nitrogen and oxygen atoms in total. The highest BCUT2D eigenvalue weighted by molar-refractivity contribution is 6.34. The average molecular weight is 299 g/mol. The van der Waals surface area contributed by atoms with Gasteiger partial charge in [-0.2, -0.15) is 4.98 Å². The van der Waals surface area contributed by atoms with Crippen LogP contribution in [0.3, 0.4) is 0 Å². The first kappa shape index (κ1) is 13.6. The van der Waals surface area contributed by atoms with E-state index >= 15 is 0 Å². The molecule has 8 heteroatoms. The Morgan fingerprint density at radius 3 is 2.90 bits per heavy atom. The summed E-state index contributed by atoms with van der Waals surface area (Å²) in [5, 5.41) is 20.2. The van der Waals surface area contributed by atoms with Crippen LogP contribution in [-0.4, -0.2) is 43.6 Å². The maximum atomic E-state index is 10.0. The molecule has 20 heavy (non-hydrogen) atoms. The second kappa shape index (κ2) is 4.85. The molecule has 1 unspecified atom stereocenters. The van der Waals surface area contributed by atoms with Gasteiger partial charge in [-0.3, -0.25) is 0 Å². The third-order valence-electron chi connectivity index (χ3n) is 3.68. The average Bonchev–Trinajstić information content (AvgIpc) is 2.93. The SMILES string of the molecule is C[C@H]1C(n2ccc3c(Cl)nc(N)nc32)O[C@H](CO)[C@H]1O. The summed E-state index contributed by atoms with van der Waals surface area (Å²) in [6.07, 6.45) is -0.0255. The van der Waals surface area contributed by atoms with E-state index in [1.54, 1.807) is 16.8 Å². The molecule has 0 aromatic carbocycles. The number of hydrogen-bond acceptors (Lipinski definition) is 6. The third kappa shape index (κ3) is 1.94. The van der Waals surface area contributed by atoms with Crippen molar-refractivity contribution in [2.45, 2.75) is 25.4 Å². The fourth-order valence-electron chi connectivity index (χ4n) is 2.58. The monoisotopic (exact) mass is 298 g/mol. The topological polar surface area (TPSA) is 106 Å². The van der Waals surface area contributed by atoms with Crippen LogP contribution in [0.15, 0.2) is 12.3 Å². The minimum absolute atomic E-state index is 0.0763. The van der Waals surface area contributed by atoms with Gasteiger partial charge in [0.15, 0.2) is 0 Å². The van der Waals surface area contributed by atoms with E-state index in [1.165, 1.54) is 0 Å². The zero-order valence-corrected chi connectivity index (χ0v) is 11.5. The van der Waals surface area contributed by atoms with Crippen LogP contribution < -0.4 is 5.73 Å². The maximum absolute atomic E-state index is 10.0. The molecule has 0 aliphatic carbocycles. The van der Waals surface area contributed by atoms with E-state index in [1.807, 2.05) is 6.92 Å². The Bertz CT molecular complexity index is 647. The molecule has 0 bridgehead atoms. The van der Waals surface area contributed by atoms with Crippen LogP contribution in [0.5, 0.6) is 0 Å². The number of nitrogens with two attached hydrogens (primary N) is 1. The Morgan fingerprint density at radius 1 is 1.50 bits per heavy atom. The lowest BCUT2D eigenvalue weighted by Gasteiger charge is -2.18. The molecule has 0 spiro atoms. The normalized spacial score (nSPS) is 30.2. The Morgan fingerprint density at radius 2 is 2.25 bits per heavy atom. The summed E-state index contributed by atoms with van der Waals surface area (Å²) in [6, 6.07) is 1.77. The molecule has 1 aliphatic rings. The second-order valence-electron chi connectivity index (χ2n) is 4.93. The van der Waals surface area contributed by atoms with Gasteiger partial charge in [-0.15, -0.1) is 0 Å². The number of hydrogen-bond donors (Lipinski definition) is 3. The van der Waals surface area contributed by atoms with Gasteiger partial charge in [0.2, 0.25) is 5.95 Å². The molecule has 108 valence electrons. The lowest BCUT2D eigenvalue weighted by Crippen LogP contribution is -2.28. The number of rotatable bonds is 2. The molecule has 3 rings (SSSR count). The minimum Gasteiger partial charge on any atom is -0.394 e. The smallest absolute Gasteiger partial charge is 0.223 e. The Balaban J connectivity index is 2.07. The Labute approximate surface area is 120 Å². The van der Waals surface area contributed by atoms with Gasteiger partial charge < -0.3 is 25.3 Å². The number of anilines is 1. The minimum atomic E-state index is -0.739. The van der Waals surface area contributed by atoms with Gasteiger partial charge in [-0.05, 0) is 6.07 Å². The van der Waals surface area contributed by atoms with Crippen molar-refractivity contribution in [2.75, 3.05) is 12.3 Å². The second-order valence-corrected chi connectivity index (χ2v) is 5.29. The number of aliphatic hydroxyl groups excluding tert-OH is 2. The van der Waals surface area contributed by atoms with E-state index in [-0.39, 0.29) is 23.6 Å². The summed E-state index contributed by atoms with van der Waals surface area (Å²) in [5.41, 5.74) is 6.16. The number of nitrogen functional groups attached to an aromatic ring is 1. The van der Waals surface area contributed by atoms with Crippen LogP contribution in [-0.2, 0) is 4.74 Å². The molecule has 0 amide bonds. The first-order chi connectivity index (χ1) is 9.52. The van der Waals surface area contributed by atoms with Crippen molar-refractivity contribution < 1.29 is 14.9 Å². The lowest BCUT2D eigenvalue weighted by molar-refractivity contribution is -0.0445. The standard InChI is InChI=1S/C12H15ClN4O3/c1-5-8(19)7(4-18)20-11(5)17-3-2-6-9(13)15-12(14)16-10(6)17/h2-3,5,7-8,11,18-19H,4H2,1H3,(H2,14,15,16)/t5-,7-,8+,11?/m1/s1. The van der Waals surface area contributed by atoms with Crippen LogP contribution in [0.2, 0.25) is 5.15 Å². The summed E-state index contributed by atoms with van der Waals surface area (Å²) in [4.78, 5) is 8.07. The van der Waals surface area contributed by atoms with Crippen LogP contribution in [0.1, 0.15) is 13.2 Å². The summed E-state index contributed by atoms with van der Waals surface area (Å²) < 4.78 is 7.44.